The predicted octanol–water partition coefficient (Wildman–Crippen LogP) is 9.34. The summed E-state index contributed by atoms with van der Waals surface area (Å²) in [5.41, 5.74) is 0. The van der Waals surface area contributed by atoms with Gasteiger partial charge in [-0.15, -0.1) is 0 Å². The summed E-state index contributed by atoms with van der Waals surface area (Å²) in [6, 6.07) is 0. The summed E-state index contributed by atoms with van der Waals surface area (Å²) in [5, 5.41) is 19.9. The van der Waals surface area contributed by atoms with Gasteiger partial charge in [-0.2, -0.15) is 0 Å². The Morgan fingerprint density at radius 1 is 0.574 bits per heavy atom. The first-order valence-corrected chi connectivity index (χ1v) is 20.6. The van der Waals surface area contributed by atoms with E-state index in [-0.39, 0.29) is 19.4 Å². The van der Waals surface area contributed by atoms with Crippen molar-refractivity contribution in [1.29, 1.82) is 0 Å². The fourth-order valence-electron chi connectivity index (χ4n) is 4.33. The van der Waals surface area contributed by atoms with Gasteiger partial charge in [-0.05, 0) is 77.0 Å². The van der Waals surface area contributed by atoms with E-state index in [2.05, 4.69) is 60.1 Å². The van der Waals surface area contributed by atoms with Crippen LogP contribution in [-0.2, 0) is 28.2 Å². The van der Waals surface area contributed by atoms with Crippen LogP contribution in [0.25, 0.3) is 0 Å². The van der Waals surface area contributed by atoms with Crippen LogP contribution < -0.4 is 0 Å². The van der Waals surface area contributed by atoms with Crippen LogP contribution in [0.2, 0.25) is 0 Å². The average molecular weight is 773 g/mol. The molecule has 0 aromatic rings. The zero-order valence-corrected chi connectivity index (χ0v) is 33.2. The van der Waals surface area contributed by atoms with Crippen molar-refractivity contribution in [1.82, 2.24) is 0 Å². The highest BCUT2D eigenvalue weighted by Crippen LogP contribution is 2.35. The molecular formula is C43H65O10P. The smallest absolute Gasteiger partial charge is 0.462 e. The van der Waals surface area contributed by atoms with Crippen molar-refractivity contribution < 1.29 is 48.2 Å². The van der Waals surface area contributed by atoms with E-state index >= 15 is 0 Å². The number of unbranched alkanes of at least 4 members (excludes halogenated alkanes) is 2. The summed E-state index contributed by atoms with van der Waals surface area (Å²) in [6.07, 6.45) is 45.7. The zero-order chi connectivity index (χ0) is 40.0. The lowest BCUT2D eigenvalue weighted by Crippen LogP contribution is -2.29. The number of carbonyl (C=O) groups is 2. The fourth-order valence-corrected chi connectivity index (χ4v) is 4.69. The van der Waals surface area contributed by atoms with Gasteiger partial charge in [-0.1, -0.05) is 135 Å². The number of hydrogen-bond acceptors (Lipinski definition) is 8. The van der Waals surface area contributed by atoms with Crippen LogP contribution in [0, 0.1) is 0 Å². The minimum absolute atomic E-state index is 0.0681. The minimum Gasteiger partial charge on any atom is -0.462 e. The van der Waals surface area contributed by atoms with Crippen molar-refractivity contribution in [3.05, 3.63) is 122 Å². The summed E-state index contributed by atoms with van der Waals surface area (Å²) < 4.78 is 26.1. The summed E-state index contributed by atoms with van der Waals surface area (Å²) in [4.78, 5) is 42.7. The van der Waals surface area contributed by atoms with Gasteiger partial charge in [0.25, 0.3) is 0 Å². The molecule has 54 heavy (non-hydrogen) atoms. The Morgan fingerprint density at radius 3 is 1.61 bits per heavy atom. The standard InChI is InChI=1S/C43H65O10P/c1-3-5-7-8-9-10-11-12-13-14-15-16-17-22-30-36-43(47)53-41(38-52-54(48,49)50)37-51-42(46)35-29-21-19-18-20-26-32-40(45)34-28-24-23-27-33-39(44)31-25-6-4-2/h5-7,9-10,12-13,15-16,19-21,23-28,33-34,39-41,44-45H,3-4,8,11,14,17-18,22,29-32,35-38H2,1-2H3,(H2,48,49,50)/b7-5-,10-9-,13-12-,16-15-,21-19-,24-23-,25-6-,26-20-,33-27+,34-28+/t39-,40+,41-/m1/s1. The minimum atomic E-state index is -4.81. The van der Waals surface area contributed by atoms with Crippen molar-refractivity contribution >= 4 is 19.8 Å². The van der Waals surface area contributed by atoms with Crippen molar-refractivity contribution in [3.8, 4) is 0 Å². The number of allylic oxidation sites excluding steroid dienone is 16. The lowest BCUT2D eigenvalue weighted by Gasteiger charge is -2.18. The van der Waals surface area contributed by atoms with Gasteiger partial charge in [-0.25, -0.2) is 4.57 Å². The number of rotatable bonds is 32. The SMILES string of the molecule is CC/C=C\C/C=C\C/C=C\C/C=C\CCCCC(=O)O[C@H](COC(=O)CC/C=C\C/C=C\C[C@H](O)/C=C/C=C\C=C\[C@H](O)C/C=C\CC)COP(=O)(O)O. The normalized spacial score (nSPS) is 15.0. The topological polar surface area (TPSA) is 160 Å². The van der Waals surface area contributed by atoms with Crippen molar-refractivity contribution in [2.24, 2.45) is 0 Å². The van der Waals surface area contributed by atoms with E-state index in [0.29, 0.717) is 32.1 Å². The third kappa shape index (κ3) is 38.1. The van der Waals surface area contributed by atoms with E-state index < -0.39 is 44.7 Å². The molecule has 0 aromatic heterocycles. The molecule has 0 spiro atoms. The highest BCUT2D eigenvalue weighted by Gasteiger charge is 2.22. The Kier molecular flexibility index (Phi) is 33.9. The average Bonchev–Trinajstić information content (AvgIpc) is 3.13. The van der Waals surface area contributed by atoms with Gasteiger partial charge in [0.15, 0.2) is 6.10 Å². The van der Waals surface area contributed by atoms with Gasteiger partial charge in [0, 0.05) is 12.8 Å². The number of aliphatic hydroxyl groups is 2. The fraction of sp³-hybridized carbons (Fsp3) is 0.488. The van der Waals surface area contributed by atoms with Gasteiger partial charge in [0.1, 0.15) is 6.61 Å². The highest BCUT2D eigenvalue weighted by molar-refractivity contribution is 7.46. The maximum absolute atomic E-state index is 12.4. The van der Waals surface area contributed by atoms with Crippen LogP contribution in [0.1, 0.15) is 104 Å². The number of ether oxygens (including phenoxy) is 2. The van der Waals surface area contributed by atoms with E-state index in [1.165, 1.54) is 0 Å². The van der Waals surface area contributed by atoms with E-state index in [1.54, 1.807) is 36.5 Å². The number of phosphoric ester groups is 1. The van der Waals surface area contributed by atoms with Crippen LogP contribution in [0.15, 0.2) is 122 Å². The molecule has 4 N–H and O–H groups in total. The maximum atomic E-state index is 12.4. The molecule has 0 heterocycles. The van der Waals surface area contributed by atoms with Gasteiger partial charge in [-0.3, -0.25) is 14.1 Å². The van der Waals surface area contributed by atoms with Crippen LogP contribution >= 0.6 is 7.82 Å². The lowest BCUT2D eigenvalue weighted by atomic mass is 10.2. The second-order valence-corrected chi connectivity index (χ2v) is 13.4. The number of aliphatic hydroxyl groups excluding tert-OH is 2. The van der Waals surface area contributed by atoms with Crippen molar-refractivity contribution in [2.75, 3.05) is 13.2 Å². The second kappa shape index (κ2) is 36.4. The van der Waals surface area contributed by atoms with Crippen LogP contribution in [0.5, 0.6) is 0 Å². The number of hydrogen-bond donors (Lipinski definition) is 4. The molecule has 0 aliphatic rings. The molecule has 0 radical (unpaired) electrons. The number of phosphoric acid groups is 1. The number of carbonyl (C=O) groups excluding carboxylic acids is 2. The van der Waals surface area contributed by atoms with E-state index in [1.807, 2.05) is 43.4 Å². The summed E-state index contributed by atoms with van der Waals surface area (Å²) in [7, 11) is -4.81. The molecule has 10 nitrogen and oxygen atoms in total. The third-order valence-electron chi connectivity index (χ3n) is 7.16. The number of esters is 2. The van der Waals surface area contributed by atoms with Gasteiger partial charge < -0.3 is 29.5 Å². The molecule has 0 saturated carbocycles. The largest absolute Gasteiger partial charge is 0.469 e. The first-order valence-electron chi connectivity index (χ1n) is 19.0. The van der Waals surface area contributed by atoms with Crippen molar-refractivity contribution in [2.45, 2.75) is 122 Å². The summed E-state index contributed by atoms with van der Waals surface area (Å²) in [5.74, 6) is -1.12. The first kappa shape index (κ1) is 50.4. The van der Waals surface area contributed by atoms with Gasteiger partial charge in [0.2, 0.25) is 0 Å². The molecule has 302 valence electrons. The molecule has 0 unspecified atom stereocenters. The molecule has 0 saturated heterocycles. The quantitative estimate of drug-likeness (QED) is 0.0171. The Hall–Kier alpha value is -3.63. The molecule has 0 aliphatic heterocycles. The molecule has 0 aromatic carbocycles. The summed E-state index contributed by atoms with van der Waals surface area (Å²) in [6.45, 7) is 3.16. The molecule has 3 atom stereocenters. The Morgan fingerprint density at radius 2 is 1.06 bits per heavy atom. The van der Waals surface area contributed by atoms with E-state index in [0.717, 1.165) is 44.9 Å². The molecule has 0 bridgehead atoms. The van der Waals surface area contributed by atoms with Crippen LogP contribution in [0.4, 0.5) is 0 Å². The van der Waals surface area contributed by atoms with Gasteiger partial charge >= 0.3 is 19.8 Å². The van der Waals surface area contributed by atoms with E-state index in [4.69, 9.17) is 19.3 Å². The van der Waals surface area contributed by atoms with Gasteiger partial charge in [0.05, 0.1) is 18.8 Å². The Balaban J connectivity index is 4.32. The first-order chi connectivity index (χ1) is 26.1. The zero-order valence-electron chi connectivity index (χ0n) is 32.3. The molecule has 0 fully saturated rings. The van der Waals surface area contributed by atoms with Crippen molar-refractivity contribution in [3.63, 3.8) is 0 Å². The lowest BCUT2D eigenvalue weighted by molar-refractivity contribution is -0.161. The molecule has 11 heteroatoms. The molecular weight excluding hydrogens is 707 g/mol. The highest BCUT2D eigenvalue weighted by atomic mass is 31.2. The Labute approximate surface area is 324 Å². The van der Waals surface area contributed by atoms with E-state index in [9.17, 15) is 24.4 Å². The monoisotopic (exact) mass is 772 g/mol. The molecule has 0 aliphatic carbocycles. The van der Waals surface area contributed by atoms with Crippen LogP contribution in [-0.4, -0.2) is 63.5 Å². The molecule has 0 amide bonds. The maximum Gasteiger partial charge on any atom is 0.469 e. The Bertz CT molecular complexity index is 1310. The third-order valence-corrected chi connectivity index (χ3v) is 7.64. The predicted molar refractivity (Wildman–Crippen MR) is 218 cm³/mol. The molecule has 0 rings (SSSR count). The summed E-state index contributed by atoms with van der Waals surface area (Å²) >= 11 is 0. The van der Waals surface area contributed by atoms with Crippen LogP contribution in [0.3, 0.4) is 0 Å². The second-order valence-electron chi connectivity index (χ2n) is 12.2.